The maximum atomic E-state index is 13.3. The third kappa shape index (κ3) is 24.8. The van der Waals surface area contributed by atoms with Gasteiger partial charge in [0.2, 0.25) is 0 Å². The van der Waals surface area contributed by atoms with Gasteiger partial charge in [-0.15, -0.1) is 0 Å². The molecule has 1 saturated heterocycles. The molecule has 71 heavy (non-hydrogen) atoms. The molecule has 21 nitrogen and oxygen atoms in total. The van der Waals surface area contributed by atoms with Crippen molar-refractivity contribution in [1.82, 2.24) is 9.55 Å². The van der Waals surface area contributed by atoms with Crippen LogP contribution in [0.25, 0.3) is 0 Å². The Morgan fingerprint density at radius 1 is 0.845 bits per heavy atom. The van der Waals surface area contributed by atoms with E-state index in [4.69, 9.17) is 29.0 Å². The first kappa shape index (κ1) is 62.4. The van der Waals surface area contributed by atoms with E-state index in [1.54, 1.807) is 0 Å². The number of fused-ring (bicyclic) bond motifs is 3. The number of cyclic esters (lactones) is 1. The Kier molecular flexibility index (Phi) is 29.1. The molecule has 3 heterocycles. The Morgan fingerprint density at radius 3 is 2.07 bits per heavy atom. The normalized spacial score (nSPS) is 30.8. The third-order valence-corrected chi connectivity index (χ3v) is 15.1. The van der Waals surface area contributed by atoms with E-state index in [9.17, 15) is 58.8 Å². The summed E-state index contributed by atoms with van der Waals surface area (Å²) in [6, 6.07) is 1.22. The highest BCUT2D eigenvalue weighted by Gasteiger charge is 2.45. The molecule has 0 spiro atoms. The van der Waals surface area contributed by atoms with Crippen molar-refractivity contribution in [3.05, 3.63) is 47.1 Å². The van der Waals surface area contributed by atoms with Crippen LogP contribution in [-0.4, -0.2) is 119 Å². The number of aromatic nitrogens is 2. The van der Waals surface area contributed by atoms with Gasteiger partial charge in [0, 0.05) is 30.9 Å². The maximum Gasteiger partial charge on any atom is 0.481 e. The molecule has 0 radical (unpaired) electrons. The number of ether oxygens (including phenoxy) is 3. The number of unbranched alkanes of at least 4 members (excludes halogenated alkanes) is 13. The molecule has 2 unspecified atom stereocenters. The summed E-state index contributed by atoms with van der Waals surface area (Å²) in [6.45, 7) is 3.70. The minimum Gasteiger partial charge on any atom is -0.461 e. The summed E-state index contributed by atoms with van der Waals surface area (Å²) >= 11 is 0. The molecule has 12 atom stereocenters. The molecule has 9 N–H and O–H groups in total. The molecule has 3 rings (SSSR count). The average molecular weight is 1050 g/mol. The van der Waals surface area contributed by atoms with Crippen molar-refractivity contribution >= 4 is 33.4 Å². The van der Waals surface area contributed by atoms with E-state index in [0.29, 0.717) is 19.3 Å². The van der Waals surface area contributed by atoms with Crippen molar-refractivity contribution < 1.29 is 81.6 Å². The van der Waals surface area contributed by atoms with E-state index >= 15 is 0 Å². The second kappa shape index (κ2) is 33.1. The van der Waals surface area contributed by atoms with Crippen LogP contribution in [0.15, 0.2) is 41.4 Å². The van der Waals surface area contributed by atoms with Crippen molar-refractivity contribution in [2.75, 3.05) is 25.6 Å². The molecule has 1 fully saturated rings. The summed E-state index contributed by atoms with van der Waals surface area (Å²) < 4.78 is 58.7. The predicted molar refractivity (Wildman–Crippen MR) is 263 cm³/mol. The molecule has 408 valence electrons. The van der Waals surface area contributed by atoms with Crippen LogP contribution in [0.4, 0.5) is 5.82 Å². The highest BCUT2D eigenvalue weighted by Crippen LogP contribution is 2.60. The highest BCUT2D eigenvalue weighted by atomic mass is 31.3. The molecule has 23 heteroatoms. The van der Waals surface area contributed by atoms with Crippen LogP contribution in [0.5, 0.6) is 0 Å². The number of rotatable bonds is 23. The maximum absolute atomic E-state index is 13.3. The van der Waals surface area contributed by atoms with Crippen LogP contribution < -0.4 is 11.4 Å². The Morgan fingerprint density at radius 2 is 1.45 bits per heavy atom. The Balaban J connectivity index is 1.80. The van der Waals surface area contributed by atoms with Crippen molar-refractivity contribution in [2.45, 2.75) is 205 Å². The fraction of sp³-hybridized carbons (Fsp3) is 0.792. The van der Waals surface area contributed by atoms with Gasteiger partial charge in [-0.3, -0.25) is 23.2 Å². The topological polar surface area (TPSA) is 326 Å². The number of esters is 2. The van der Waals surface area contributed by atoms with Crippen molar-refractivity contribution in [3.8, 4) is 0 Å². The van der Waals surface area contributed by atoms with Gasteiger partial charge in [0.25, 0.3) is 0 Å². The molecule has 0 amide bonds. The molecule has 2 aliphatic rings. The predicted octanol–water partition coefficient (Wildman–Crippen LogP) is 6.46. The summed E-state index contributed by atoms with van der Waals surface area (Å²) in [4.78, 5) is 64.2. The lowest BCUT2D eigenvalue weighted by Crippen LogP contribution is -2.52. The quantitative estimate of drug-likeness (QED) is 0.0252. The van der Waals surface area contributed by atoms with E-state index in [-0.39, 0.29) is 25.1 Å². The standard InChI is InChI=1S/C48H83N3O18P2/c1-4-5-16-22-35(52)26-27-37-39(53)30-40(54)38-23-19-20-24-43(55)64-31-36(67-44(56)25-18-15-13-11-9-7-6-8-10-12-14-17-21-34(2)3)32-65-70(60,61)69-71(62,63)66-33-41(46(58)45(37)57)68-47(38)51-29-28-42(49)50-48(51)59/h19-20,26-29,34-41,45-47,52-54,57-58H,4-18,21-25,30-33H2,1-3H3,(H,60,61)(H,62,63)(H2,49,50,59)/b20-19-,27-26?/t35-,36-,37+,38-,39-,40+,41-,45+,46-,47-/m1/s1. The van der Waals surface area contributed by atoms with Crippen molar-refractivity contribution in [1.29, 1.82) is 0 Å². The summed E-state index contributed by atoms with van der Waals surface area (Å²) in [5.41, 5.74) is 4.73. The van der Waals surface area contributed by atoms with Crippen LogP contribution in [-0.2, 0) is 46.3 Å². The zero-order valence-electron chi connectivity index (χ0n) is 41.8. The monoisotopic (exact) mass is 1050 g/mol. The molecule has 0 saturated carbocycles. The van der Waals surface area contributed by atoms with Gasteiger partial charge < -0.3 is 55.3 Å². The number of hydrogen-bond donors (Lipinski definition) is 8. The van der Waals surface area contributed by atoms with Gasteiger partial charge >= 0.3 is 33.3 Å². The number of aliphatic hydroxyl groups is 5. The van der Waals surface area contributed by atoms with E-state index in [0.717, 1.165) is 61.6 Å². The first-order chi connectivity index (χ1) is 33.7. The van der Waals surface area contributed by atoms with E-state index in [1.165, 1.54) is 75.3 Å². The lowest BCUT2D eigenvalue weighted by atomic mass is 9.82. The van der Waals surface area contributed by atoms with Gasteiger partial charge in [0.1, 0.15) is 30.9 Å². The van der Waals surface area contributed by atoms with E-state index < -0.39 is 120 Å². The lowest BCUT2D eigenvalue weighted by Gasteiger charge is -2.40. The Hall–Kier alpha value is -2.88. The summed E-state index contributed by atoms with van der Waals surface area (Å²) in [6.07, 6.45) is 9.05. The highest BCUT2D eigenvalue weighted by molar-refractivity contribution is 7.61. The summed E-state index contributed by atoms with van der Waals surface area (Å²) in [5, 5.41) is 57.3. The van der Waals surface area contributed by atoms with Crippen LogP contribution in [0.2, 0.25) is 0 Å². The average Bonchev–Trinajstić information content (AvgIpc) is 3.29. The number of phosphoric ester groups is 2. The van der Waals surface area contributed by atoms with Crippen molar-refractivity contribution in [3.63, 3.8) is 0 Å². The van der Waals surface area contributed by atoms with E-state index in [2.05, 4.69) is 23.1 Å². The molecule has 0 aromatic carbocycles. The minimum absolute atomic E-state index is 0.0115. The second-order valence-corrected chi connectivity index (χ2v) is 22.2. The number of hydrogen-bond acceptors (Lipinski definition) is 18. The number of anilines is 1. The molecule has 1 aromatic heterocycles. The van der Waals surface area contributed by atoms with Crippen LogP contribution in [0.3, 0.4) is 0 Å². The molecule has 1 aromatic rings. The van der Waals surface area contributed by atoms with Crippen LogP contribution in [0.1, 0.15) is 162 Å². The second-order valence-electron chi connectivity index (χ2n) is 19.1. The fourth-order valence-corrected chi connectivity index (χ4v) is 10.6. The van der Waals surface area contributed by atoms with Gasteiger partial charge in [-0.25, -0.2) is 13.9 Å². The molecule has 2 bridgehead atoms. The zero-order chi connectivity index (χ0) is 52.4. The van der Waals surface area contributed by atoms with E-state index in [1.807, 2.05) is 6.92 Å². The number of aliphatic hydroxyl groups excluding tert-OH is 5. The number of nitrogens with zero attached hydrogens (tertiary/aromatic N) is 2. The number of phosphoric acid groups is 2. The van der Waals surface area contributed by atoms with Gasteiger partial charge in [-0.2, -0.15) is 9.29 Å². The number of nitrogen functional groups attached to an aromatic ring is 1. The number of nitrogens with two attached hydrogens (primary N) is 1. The molecular formula is C48H83N3O18P2. The Labute approximate surface area is 418 Å². The first-order valence-corrected chi connectivity index (χ1v) is 28.5. The largest absolute Gasteiger partial charge is 0.481 e. The smallest absolute Gasteiger partial charge is 0.461 e. The summed E-state index contributed by atoms with van der Waals surface area (Å²) in [5.74, 6) is -3.67. The SMILES string of the molecule is CCCCC[C@@H](O)C=C[C@@H]1[C@H](O)[C@H](O)[C@H]2COP(=O)(O)OP(=O)(O)OC[C@H](OC(=O)CCCCCCCCCCCCCCC(C)C)COC(=O)C/C=C\C[C@@H]([C@H](n3ccc(N)nc3=O)O2)[C@@H](O)C[C@H]1O. The van der Waals surface area contributed by atoms with Crippen LogP contribution in [0, 0.1) is 17.8 Å². The lowest BCUT2D eigenvalue weighted by molar-refractivity contribution is -0.194. The van der Waals surface area contributed by atoms with Gasteiger partial charge in [-0.05, 0) is 31.2 Å². The van der Waals surface area contributed by atoms with Crippen molar-refractivity contribution in [2.24, 2.45) is 17.8 Å². The fourth-order valence-electron chi connectivity index (χ4n) is 8.46. The third-order valence-electron chi connectivity index (χ3n) is 12.5. The number of allylic oxidation sites excluding steroid dienone is 1. The van der Waals surface area contributed by atoms with Gasteiger partial charge in [-0.1, -0.05) is 141 Å². The number of carbonyl (C=O) groups excluding carboxylic acids is 2. The first-order valence-electron chi connectivity index (χ1n) is 25.5. The summed E-state index contributed by atoms with van der Waals surface area (Å²) in [7, 11) is -11.3. The Bertz CT molecular complexity index is 1920. The molecule has 0 aliphatic carbocycles. The molecule has 2 aliphatic heterocycles. The minimum atomic E-state index is -5.69. The number of carbonyl (C=O) groups is 2. The van der Waals surface area contributed by atoms with Gasteiger partial charge in [0.05, 0.1) is 44.1 Å². The van der Waals surface area contributed by atoms with Gasteiger partial charge in [0.15, 0.2) is 6.10 Å². The zero-order valence-corrected chi connectivity index (χ0v) is 43.6. The van der Waals surface area contributed by atoms with Crippen LogP contribution >= 0.6 is 15.6 Å². The molecular weight excluding hydrogens is 968 g/mol.